The van der Waals surface area contributed by atoms with E-state index < -0.39 is 5.60 Å². The summed E-state index contributed by atoms with van der Waals surface area (Å²) in [5.41, 5.74) is 1.70. The minimum atomic E-state index is -0.431. The van der Waals surface area contributed by atoms with Crippen LogP contribution >= 0.6 is 0 Å². The number of likely N-dealkylation sites (tertiary alicyclic amines) is 1. The maximum Gasteiger partial charge on any atom is 0.410 e. The molecule has 0 aliphatic carbocycles. The first-order valence-electron chi connectivity index (χ1n) is 6.27. The number of ether oxygens (including phenoxy) is 1. The molecule has 0 spiro atoms. The first-order valence-corrected chi connectivity index (χ1v) is 6.27. The summed E-state index contributed by atoms with van der Waals surface area (Å²) in [5.74, 6) is 1.29. The van der Waals surface area contributed by atoms with Crippen LogP contribution in [0.25, 0.3) is 0 Å². The molecule has 2 heterocycles. The topological polar surface area (TPSA) is 58.2 Å². The first kappa shape index (κ1) is 12.9. The molecule has 1 fully saturated rings. The van der Waals surface area contributed by atoms with Crippen LogP contribution in [-0.2, 0) is 4.74 Å². The minimum Gasteiger partial charge on any atom is -0.444 e. The van der Waals surface area contributed by atoms with E-state index in [2.05, 4.69) is 9.97 Å². The number of imidazole rings is 1. The van der Waals surface area contributed by atoms with Gasteiger partial charge in [-0.3, -0.25) is 0 Å². The fourth-order valence-electron chi connectivity index (χ4n) is 1.90. The molecule has 5 heteroatoms. The standard InChI is InChI=1S/C13H21N3O2/c1-8-9(2)15-11(14-8)10-6-16(7-10)12(17)18-13(3,4)5/h10H,6-7H2,1-5H3,(H,14,15). The SMILES string of the molecule is Cc1nc(C2CN(C(=O)OC(C)(C)C)C2)[nH]c1C. The van der Waals surface area contributed by atoms with Gasteiger partial charge in [0.05, 0.1) is 11.6 Å². The Balaban J connectivity index is 1.89. The molecule has 0 bridgehead atoms. The largest absolute Gasteiger partial charge is 0.444 e. The molecule has 1 aliphatic heterocycles. The lowest BCUT2D eigenvalue weighted by Crippen LogP contribution is -2.50. The van der Waals surface area contributed by atoms with Crippen molar-refractivity contribution in [3.63, 3.8) is 0 Å². The summed E-state index contributed by atoms with van der Waals surface area (Å²) in [6.45, 7) is 11.0. The Morgan fingerprint density at radius 3 is 2.44 bits per heavy atom. The summed E-state index contributed by atoms with van der Waals surface area (Å²) >= 11 is 0. The van der Waals surface area contributed by atoms with E-state index in [-0.39, 0.29) is 6.09 Å². The summed E-state index contributed by atoms with van der Waals surface area (Å²) in [7, 11) is 0. The Bertz CT molecular complexity index is 434. The second-order valence-corrected chi connectivity index (χ2v) is 5.91. The second kappa shape index (κ2) is 4.30. The summed E-state index contributed by atoms with van der Waals surface area (Å²) in [4.78, 5) is 21.2. The van der Waals surface area contributed by atoms with Crippen LogP contribution in [0.4, 0.5) is 4.79 Å². The molecule has 1 saturated heterocycles. The normalized spacial score (nSPS) is 16.6. The van der Waals surface area contributed by atoms with Crippen molar-refractivity contribution in [2.75, 3.05) is 13.1 Å². The molecular weight excluding hydrogens is 230 g/mol. The summed E-state index contributed by atoms with van der Waals surface area (Å²) in [6.07, 6.45) is -0.237. The van der Waals surface area contributed by atoms with E-state index in [9.17, 15) is 4.79 Å². The quantitative estimate of drug-likeness (QED) is 0.833. The van der Waals surface area contributed by atoms with Crippen molar-refractivity contribution in [1.29, 1.82) is 0 Å². The van der Waals surface area contributed by atoms with E-state index >= 15 is 0 Å². The van der Waals surface area contributed by atoms with Gasteiger partial charge in [0.2, 0.25) is 0 Å². The summed E-state index contributed by atoms with van der Waals surface area (Å²) in [6, 6.07) is 0. The molecule has 0 radical (unpaired) electrons. The number of nitrogens with zero attached hydrogens (tertiary/aromatic N) is 2. The Morgan fingerprint density at radius 1 is 1.39 bits per heavy atom. The average molecular weight is 251 g/mol. The Labute approximate surface area is 108 Å². The smallest absolute Gasteiger partial charge is 0.410 e. The Hall–Kier alpha value is -1.52. The van der Waals surface area contributed by atoms with Crippen LogP contribution in [0.3, 0.4) is 0 Å². The molecule has 0 aromatic carbocycles. The first-order chi connectivity index (χ1) is 8.26. The van der Waals surface area contributed by atoms with Crippen LogP contribution in [-0.4, -0.2) is 39.7 Å². The van der Waals surface area contributed by atoms with Gasteiger partial charge in [-0.25, -0.2) is 9.78 Å². The summed E-state index contributed by atoms with van der Waals surface area (Å²) in [5, 5.41) is 0. The molecule has 1 amide bonds. The second-order valence-electron chi connectivity index (χ2n) is 5.91. The third-order valence-electron chi connectivity index (χ3n) is 3.07. The molecule has 1 aliphatic rings. The molecule has 100 valence electrons. The number of nitrogens with one attached hydrogen (secondary N) is 1. The van der Waals surface area contributed by atoms with Gasteiger partial charge in [0.1, 0.15) is 11.4 Å². The van der Waals surface area contributed by atoms with E-state index in [0.29, 0.717) is 19.0 Å². The number of rotatable bonds is 1. The molecule has 0 saturated carbocycles. The number of H-pyrrole nitrogens is 1. The lowest BCUT2D eigenvalue weighted by Gasteiger charge is -2.38. The molecule has 1 N–H and O–H groups in total. The minimum absolute atomic E-state index is 0.237. The number of hydrogen-bond acceptors (Lipinski definition) is 3. The third kappa shape index (κ3) is 2.66. The highest BCUT2D eigenvalue weighted by Crippen LogP contribution is 2.27. The molecule has 0 unspecified atom stereocenters. The number of hydrogen-bond donors (Lipinski definition) is 1. The van der Waals surface area contributed by atoms with Crippen LogP contribution in [0.15, 0.2) is 0 Å². The van der Waals surface area contributed by atoms with E-state index in [1.165, 1.54) is 0 Å². The van der Waals surface area contributed by atoms with Crippen molar-refractivity contribution in [2.45, 2.75) is 46.1 Å². The highest BCUT2D eigenvalue weighted by Gasteiger charge is 2.36. The molecule has 5 nitrogen and oxygen atoms in total. The van der Waals surface area contributed by atoms with E-state index in [1.54, 1.807) is 4.90 Å². The lowest BCUT2D eigenvalue weighted by molar-refractivity contribution is 0.00758. The predicted octanol–water partition coefficient (Wildman–Crippen LogP) is 2.36. The monoisotopic (exact) mass is 251 g/mol. The van der Waals surface area contributed by atoms with Crippen molar-refractivity contribution in [3.05, 3.63) is 17.2 Å². The molecule has 18 heavy (non-hydrogen) atoms. The number of aromatic amines is 1. The van der Waals surface area contributed by atoms with Crippen molar-refractivity contribution in [2.24, 2.45) is 0 Å². The van der Waals surface area contributed by atoms with Gasteiger partial charge in [-0.05, 0) is 34.6 Å². The van der Waals surface area contributed by atoms with Gasteiger partial charge >= 0.3 is 6.09 Å². The zero-order valence-electron chi connectivity index (χ0n) is 11.7. The van der Waals surface area contributed by atoms with E-state index in [0.717, 1.165) is 17.2 Å². The Kier molecular flexibility index (Phi) is 3.09. The zero-order valence-corrected chi connectivity index (χ0v) is 11.7. The number of amides is 1. The van der Waals surface area contributed by atoms with Crippen molar-refractivity contribution in [1.82, 2.24) is 14.9 Å². The molecule has 1 aromatic heterocycles. The van der Waals surface area contributed by atoms with Crippen LogP contribution < -0.4 is 0 Å². The number of carbonyl (C=O) groups excluding carboxylic acids is 1. The van der Waals surface area contributed by atoms with Crippen molar-refractivity contribution < 1.29 is 9.53 Å². The van der Waals surface area contributed by atoms with Crippen LogP contribution in [0.1, 0.15) is 43.9 Å². The van der Waals surface area contributed by atoms with Crippen LogP contribution in [0, 0.1) is 13.8 Å². The maximum absolute atomic E-state index is 11.8. The number of carbonyl (C=O) groups is 1. The molecule has 1 aromatic rings. The van der Waals surface area contributed by atoms with Crippen molar-refractivity contribution in [3.8, 4) is 0 Å². The fourth-order valence-corrected chi connectivity index (χ4v) is 1.90. The highest BCUT2D eigenvalue weighted by molar-refractivity contribution is 5.69. The Morgan fingerprint density at radius 2 is 2.00 bits per heavy atom. The van der Waals surface area contributed by atoms with Crippen LogP contribution in [0.5, 0.6) is 0 Å². The van der Waals surface area contributed by atoms with Gasteiger partial charge in [-0.2, -0.15) is 0 Å². The molecule has 2 rings (SSSR count). The maximum atomic E-state index is 11.8. The zero-order chi connectivity index (χ0) is 13.5. The fraction of sp³-hybridized carbons (Fsp3) is 0.692. The van der Waals surface area contributed by atoms with Crippen LogP contribution in [0.2, 0.25) is 0 Å². The molecular formula is C13H21N3O2. The van der Waals surface area contributed by atoms with Gasteiger partial charge in [-0.15, -0.1) is 0 Å². The third-order valence-corrected chi connectivity index (χ3v) is 3.07. The van der Waals surface area contributed by atoms with Gasteiger partial charge in [0.15, 0.2) is 0 Å². The highest BCUT2D eigenvalue weighted by atomic mass is 16.6. The van der Waals surface area contributed by atoms with Gasteiger partial charge < -0.3 is 14.6 Å². The van der Waals surface area contributed by atoms with Crippen molar-refractivity contribution >= 4 is 6.09 Å². The number of aryl methyl sites for hydroxylation is 2. The predicted molar refractivity (Wildman–Crippen MR) is 68.6 cm³/mol. The van der Waals surface area contributed by atoms with Gasteiger partial charge in [0, 0.05) is 18.8 Å². The van der Waals surface area contributed by atoms with E-state index in [4.69, 9.17) is 4.74 Å². The van der Waals surface area contributed by atoms with E-state index in [1.807, 2.05) is 34.6 Å². The summed E-state index contributed by atoms with van der Waals surface area (Å²) < 4.78 is 5.31. The van der Waals surface area contributed by atoms with Gasteiger partial charge in [0.25, 0.3) is 0 Å². The lowest BCUT2D eigenvalue weighted by atomic mass is 10.0. The molecule has 0 atom stereocenters. The average Bonchev–Trinajstić information content (AvgIpc) is 2.40. The number of aromatic nitrogens is 2. The van der Waals surface area contributed by atoms with Gasteiger partial charge in [-0.1, -0.05) is 0 Å².